The minimum Gasteiger partial charge on any atom is -0.481 e. The highest BCUT2D eigenvalue weighted by molar-refractivity contribution is 5.76. The van der Waals surface area contributed by atoms with Crippen molar-refractivity contribution in [3.05, 3.63) is 18.0 Å². The van der Waals surface area contributed by atoms with E-state index in [9.17, 15) is 4.79 Å². The first-order valence-corrected chi connectivity index (χ1v) is 4.84. The Morgan fingerprint density at radius 2 is 2.27 bits per heavy atom. The molecule has 0 aromatic carbocycles. The van der Waals surface area contributed by atoms with E-state index >= 15 is 0 Å². The summed E-state index contributed by atoms with van der Waals surface area (Å²) in [6.07, 6.45) is 3.31. The van der Waals surface area contributed by atoms with Gasteiger partial charge in [-0.2, -0.15) is 5.10 Å². The lowest BCUT2D eigenvalue weighted by molar-refractivity contribution is -0.138. The van der Waals surface area contributed by atoms with Crippen molar-refractivity contribution in [3.63, 3.8) is 0 Å². The van der Waals surface area contributed by atoms with Gasteiger partial charge in [-0.1, -0.05) is 0 Å². The molecule has 0 spiro atoms. The number of nitrogens with two attached hydrogens (primary N) is 1. The first-order valence-electron chi connectivity index (χ1n) is 4.84. The number of nitrogens with zero attached hydrogens (tertiary/aromatic N) is 2. The van der Waals surface area contributed by atoms with Crippen molar-refractivity contribution in [2.45, 2.75) is 32.2 Å². The quantitative estimate of drug-likeness (QED) is 0.773. The van der Waals surface area contributed by atoms with Gasteiger partial charge in [-0.3, -0.25) is 9.48 Å². The number of hydrogen-bond donors (Lipinski definition) is 2. The van der Waals surface area contributed by atoms with Crippen LogP contribution in [-0.2, 0) is 10.3 Å². The molecule has 5 heteroatoms. The zero-order chi connectivity index (χ0) is 11.6. The zero-order valence-electron chi connectivity index (χ0n) is 9.27. The predicted molar refractivity (Wildman–Crippen MR) is 56.7 cm³/mol. The Morgan fingerprint density at radius 1 is 1.67 bits per heavy atom. The van der Waals surface area contributed by atoms with E-state index < -0.39 is 11.9 Å². The lowest BCUT2D eigenvalue weighted by Crippen LogP contribution is -2.23. The summed E-state index contributed by atoms with van der Waals surface area (Å²) < 4.78 is 1.74. The minimum absolute atomic E-state index is 0.0885. The Balaban J connectivity index is 2.97. The molecule has 1 heterocycles. The van der Waals surface area contributed by atoms with Crippen molar-refractivity contribution in [2.75, 3.05) is 6.54 Å². The van der Waals surface area contributed by atoms with Crippen molar-refractivity contribution in [3.8, 4) is 0 Å². The molecule has 0 bridgehead atoms. The summed E-state index contributed by atoms with van der Waals surface area (Å²) in [5, 5.41) is 13.1. The Bertz CT molecular complexity index is 352. The van der Waals surface area contributed by atoms with Crippen molar-refractivity contribution in [2.24, 2.45) is 5.73 Å². The highest BCUT2D eigenvalue weighted by Gasteiger charge is 2.22. The number of aromatic nitrogens is 2. The SMILES string of the molecule is CC(C)(C)n1cc(C(CN)C(=O)O)cn1. The fourth-order valence-electron chi connectivity index (χ4n) is 1.26. The van der Waals surface area contributed by atoms with E-state index in [1.165, 1.54) is 0 Å². The van der Waals surface area contributed by atoms with E-state index in [-0.39, 0.29) is 12.1 Å². The smallest absolute Gasteiger partial charge is 0.312 e. The molecule has 0 saturated heterocycles. The molecule has 5 nitrogen and oxygen atoms in total. The van der Waals surface area contributed by atoms with E-state index in [1.54, 1.807) is 17.1 Å². The van der Waals surface area contributed by atoms with Gasteiger partial charge in [0.05, 0.1) is 17.7 Å². The number of aliphatic carboxylic acids is 1. The third-order valence-electron chi connectivity index (χ3n) is 2.23. The number of carboxylic acid groups (broad SMARTS) is 1. The van der Waals surface area contributed by atoms with Crippen molar-refractivity contribution >= 4 is 5.97 Å². The van der Waals surface area contributed by atoms with Crippen LogP contribution in [0.1, 0.15) is 32.3 Å². The number of carbonyl (C=O) groups is 1. The maximum Gasteiger partial charge on any atom is 0.312 e. The van der Waals surface area contributed by atoms with Crippen molar-refractivity contribution < 1.29 is 9.90 Å². The Kier molecular flexibility index (Phi) is 3.14. The van der Waals surface area contributed by atoms with Crippen LogP contribution in [0.25, 0.3) is 0 Å². The molecular formula is C10H17N3O2. The van der Waals surface area contributed by atoms with Crippen LogP contribution in [0.5, 0.6) is 0 Å². The summed E-state index contributed by atoms with van der Waals surface area (Å²) in [6.45, 7) is 6.09. The van der Waals surface area contributed by atoms with E-state index in [4.69, 9.17) is 10.8 Å². The molecule has 0 aliphatic carbocycles. The molecule has 84 valence electrons. The van der Waals surface area contributed by atoms with Crippen LogP contribution < -0.4 is 5.73 Å². The lowest BCUT2D eigenvalue weighted by atomic mass is 10.0. The molecule has 1 atom stereocenters. The summed E-state index contributed by atoms with van der Waals surface area (Å²) in [4.78, 5) is 10.9. The van der Waals surface area contributed by atoms with E-state index in [0.717, 1.165) is 0 Å². The fraction of sp³-hybridized carbons (Fsp3) is 0.600. The maximum atomic E-state index is 10.9. The molecule has 1 unspecified atom stereocenters. The molecule has 0 fully saturated rings. The minimum atomic E-state index is -0.911. The van der Waals surface area contributed by atoms with Crippen molar-refractivity contribution in [1.29, 1.82) is 0 Å². The number of rotatable bonds is 3. The molecule has 0 aliphatic rings. The molecule has 0 aliphatic heterocycles. The van der Waals surface area contributed by atoms with E-state index in [2.05, 4.69) is 5.10 Å². The lowest BCUT2D eigenvalue weighted by Gasteiger charge is -2.18. The highest BCUT2D eigenvalue weighted by Crippen LogP contribution is 2.18. The topological polar surface area (TPSA) is 81.1 Å². The Labute approximate surface area is 88.9 Å². The van der Waals surface area contributed by atoms with Gasteiger partial charge in [0.15, 0.2) is 0 Å². The largest absolute Gasteiger partial charge is 0.481 e. The monoisotopic (exact) mass is 211 g/mol. The molecule has 3 N–H and O–H groups in total. The summed E-state index contributed by atoms with van der Waals surface area (Å²) >= 11 is 0. The fourth-order valence-corrected chi connectivity index (χ4v) is 1.26. The second-order valence-electron chi connectivity index (χ2n) is 4.52. The molecule has 0 radical (unpaired) electrons. The van der Waals surface area contributed by atoms with Gasteiger partial charge < -0.3 is 10.8 Å². The van der Waals surface area contributed by atoms with Gasteiger partial charge >= 0.3 is 5.97 Å². The highest BCUT2D eigenvalue weighted by atomic mass is 16.4. The van der Waals surface area contributed by atoms with Gasteiger partial charge in [-0.25, -0.2) is 0 Å². The zero-order valence-corrected chi connectivity index (χ0v) is 9.27. The van der Waals surface area contributed by atoms with Gasteiger partial charge in [-0.05, 0) is 20.8 Å². The van der Waals surface area contributed by atoms with Crippen LogP contribution in [0.3, 0.4) is 0 Å². The summed E-state index contributed by atoms with van der Waals surface area (Å²) in [7, 11) is 0. The van der Waals surface area contributed by atoms with Gasteiger partial charge in [0, 0.05) is 18.3 Å². The van der Waals surface area contributed by atoms with Gasteiger partial charge in [0.1, 0.15) is 0 Å². The van der Waals surface area contributed by atoms with E-state index in [0.29, 0.717) is 5.56 Å². The molecular weight excluding hydrogens is 194 g/mol. The van der Waals surface area contributed by atoms with Crippen molar-refractivity contribution in [1.82, 2.24) is 9.78 Å². The average molecular weight is 211 g/mol. The molecule has 1 rings (SSSR count). The van der Waals surface area contributed by atoms with Gasteiger partial charge in [0.25, 0.3) is 0 Å². The molecule has 0 saturated carbocycles. The maximum absolute atomic E-state index is 10.9. The van der Waals surface area contributed by atoms with Crippen LogP contribution >= 0.6 is 0 Å². The molecule has 1 aromatic heterocycles. The third-order valence-corrected chi connectivity index (χ3v) is 2.23. The first kappa shape index (κ1) is 11.7. The van der Waals surface area contributed by atoms with Gasteiger partial charge in [0.2, 0.25) is 0 Å². The third kappa shape index (κ3) is 2.56. The summed E-state index contributed by atoms with van der Waals surface area (Å²) in [5.41, 5.74) is 5.92. The van der Waals surface area contributed by atoms with Crippen LogP contribution in [-0.4, -0.2) is 27.4 Å². The number of carboxylic acids is 1. The first-order chi connectivity index (χ1) is 6.86. The predicted octanol–water partition coefficient (Wildman–Crippen LogP) is 0.765. The van der Waals surface area contributed by atoms with Crippen LogP contribution in [0.4, 0.5) is 0 Å². The van der Waals surface area contributed by atoms with Crippen LogP contribution in [0.15, 0.2) is 12.4 Å². The standard InChI is InChI=1S/C10H17N3O2/c1-10(2,3)13-6-7(5-12-13)8(4-11)9(14)15/h5-6,8H,4,11H2,1-3H3,(H,14,15). The Hall–Kier alpha value is -1.36. The average Bonchev–Trinajstić information content (AvgIpc) is 2.52. The number of hydrogen-bond acceptors (Lipinski definition) is 3. The molecule has 15 heavy (non-hydrogen) atoms. The molecule has 0 amide bonds. The van der Waals surface area contributed by atoms with Gasteiger partial charge in [-0.15, -0.1) is 0 Å². The van der Waals surface area contributed by atoms with Crippen LogP contribution in [0, 0.1) is 0 Å². The van der Waals surface area contributed by atoms with Crippen LogP contribution in [0.2, 0.25) is 0 Å². The summed E-state index contributed by atoms with van der Waals surface area (Å²) in [6, 6.07) is 0. The Morgan fingerprint density at radius 3 is 2.60 bits per heavy atom. The summed E-state index contributed by atoms with van der Waals surface area (Å²) in [5.74, 6) is -1.58. The molecule has 1 aromatic rings. The van der Waals surface area contributed by atoms with E-state index in [1.807, 2.05) is 20.8 Å². The second kappa shape index (κ2) is 4.02. The normalized spacial score (nSPS) is 13.9. The second-order valence-corrected chi connectivity index (χ2v) is 4.52.